The summed E-state index contributed by atoms with van der Waals surface area (Å²) in [6.07, 6.45) is 2.53. The Morgan fingerprint density at radius 1 is 0.610 bits per heavy atom. The first-order chi connectivity index (χ1) is 19.5. The molecule has 1 aromatic heterocycles. The molecule has 0 unspecified atom stereocenters. The van der Waals surface area contributed by atoms with Gasteiger partial charge in [0.1, 0.15) is 11.5 Å². The van der Waals surface area contributed by atoms with E-state index in [9.17, 15) is 0 Å². The van der Waals surface area contributed by atoms with Crippen LogP contribution in [0.1, 0.15) is 44.4 Å². The highest BCUT2D eigenvalue weighted by atomic mass is 35.7. The van der Waals surface area contributed by atoms with Crippen LogP contribution in [0.4, 0.5) is 0 Å². The summed E-state index contributed by atoms with van der Waals surface area (Å²) >= 11 is 0. The fourth-order valence-corrected chi connectivity index (χ4v) is 4.42. The van der Waals surface area contributed by atoms with Gasteiger partial charge < -0.3 is 9.47 Å². The zero-order chi connectivity index (χ0) is 29.6. The third kappa shape index (κ3) is 8.50. The minimum atomic E-state index is -4.94. The third-order valence-corrected chi connectivity index (χ3v) is 5.94. The van der Waals surface area contributed by atoms with E-state index in [4.69, 9.17) is 32.5 Å². The van der Waals surface area contributed by atoms with Crippen LogP contribution in [0.25, 0.3) is 33.6 Å². The highest BCUT2D eigenvalue weighted by Gasteiger charge is 2.18. The molecule has 5 rings (SSSR count). The number of para-hydroxylation sites is 2. The molecule has 4 aromatic carbocycles. The average Bonchev–Trinajstić information content (AvgIpc) is 2.91. The number of hydrogen-bond acceptors (Lipinski definition) is 6. The Morgan fingerprint density at radius 3 is 1.34 bits per heavy atom. The minimum Gasteiger partial charge on any atom is -0.491 e. The van der Waals surface area contributed by atoms with Crippen molar-refractivity contribution in [1.82, 2.24) is 0 Å². The van der Waals surface area contributed by atoms with Crippen molar-refractivity contribution in [2.75, 3.05) is 0 Å². The van der Waals surface area contributed by atoms with E-state index in [1.807, 2.05) is 76.2 Å². The summed E-state index contributed by atoms with van der Waals surface area (Å²) in [5, 5.41) is 2.15. The molecule has 0 aliphatic heterocycles. The van der Waals surface area contributed by atoms with E-state index in [2.05, 4.69) is 54.6 Å². The zero-order valence-electron chi connectivity index (χ0n) is 23.2. The van der Waals surface area contributed by atoms with Crippen molar-refractivity contribution < 1.29 is 42.8 Å². The number of ether oxygens (including phenoxy) is 2. The number of hydrogen-bond donors (Lipinski definition) is 0. The van der Waals surface area contributed by atoms with Crippen molar-refractivity contribution in [3.63, 3.8) is 0 Å². The molecule has 0 bridgehead atoms. The lowest BCUT2D eigenvalue weighted by molar-refractivity contribution is -2.00. The van der Waals surface area contributed by atoms with Gasteiger partial charge in [-0.3, -0.25) is 0 Å². The topological polar surface area (TPSA) is 122 Å². The first kappa shape index (κ1) is 30.0. The first-order valence-electron chi connectivity index (χ1n) is 13.1. The van der Waals surface area contributed by atoms with Crippen LogP contribution in [0.2, 0.25) is 0 Å². The van der Waals surface area contributed by atoms with Crippen LogP contribution >= 0.6 is 0 Å². The molecule has 0 radical (unpaired) electrons. The molecule has 41 heavy (non-hydrogen) atoms. The van der Waals surface area contributed by atoms with E-state index >= 15 is 0 Å². The maximum absolute atomic E-state index is 8.49. The molecule has 5 aromatic rings. The van der Waals surface area contributed by atoms with E-state index in [1.54, 1.807) is 0 Å². The SMILES string of the molecule is CC(C)Oc1ccc(C(=Cc2c3ccccc3[o+]c3ccccc23)c2ccc(OC(C)C)cc2)cc1.[O-][Cl+3]([O-])([O-])[O-]. The Morgan fingerprint density at radius 2 is 0.976 bits per heavy atom. The van der Waals surface area contributed by atoms with Crippen LogP contribution in [0.5, 0.6) is 11.5 Å². The van der Waals surface area contributed by atoms with Crippen molar-refractivity contribution in [2.45, 2.75) is 39.9 Å². The van der Waals surface area contributed by atoms with Crippen LogP contribution in [0.15, 0.2) is 101 Å². The average molecular weight is 575 g/mol. The van der Waals surface area contributed by atoms with Gasteiger partial charge in [-0.1, -0.05) is 48.5 Å². The number of halogens is 1. The summed E-state index contributed by atoms with van der Waals surface area (Å²) in [6, 6.07) is 33.1. The van der Waals surface area contributed by atoms with Gasteiger partial charge in [-0.15, -0.1) is 10.2 Å². The van der Waals surface area contributed by atoms with Crippen molar-refractivity contribution >= 4 is 33.6 Å². The first-order valence-corrected chi connectivity index (χ1v) is 14.3. The van der Waals surface area contributed by atoms with Crippen LogP contribution < -0.4 is 28.1 Å². The third-order valence-electron chi connectivity index (χ3n) is 5.94. The number of rotatable bonds is 7. The lowest BCUT2D eigenvalue weighted by Crippen LogP contribution is -2.68. The summed E-state index contributed by atoms with van der Waals surface area (Å²) in [4.78, 5) is 0. The van der Waals surface area contributed by atoms with Gasteiger partial charge in [0.05, 0.1) is 23.0 Å². The predicted molar refractivity (Wildman–Crippen MR) is 150 cm³/mol. The quantitative estimate of drug-likeness (QED) is 0.210. The Bertz CT molecular complexity index is 1510. The molecule has 1 heterocycles. The highest BCUT2D eigenvalue weighted by molar-refractivity contribution is 6.06. The predicted octanol–water partition coefficient (Wildman–Crippen LogP) is 4.27. The molecule has 0 spiro atoms. The van der Waals surface area contributed by atoms with Crippen molar-refractivity contribution in [3.8, 4) is 11.5 Å². The molecule has 212 valence electrons. The summed E-state index contributed by atoms with van der Waals surface area (Å²) in [5.74, 6) is 1.73. The smallest absolute Gasteiger partial charge is 0.361 e. The fraction of sp³-hybridized carbons (Fsp3) is 0.182. The molecule has 7 nitrogen and oxygen atoms in total. The normalized spacial score (nSPS) is 11.4. The Labute approximate surface area is 241 Å². The van der Waals surface area contributed by atoms with Gasteiger partial charge in [0, 0.05) is 17.7 Å². The second-order valence-corrected chi connectivity index (χ2v) is 10.6. The molecule has 0 N–H and O–H groups in total. The van der Waals surface area contributed by atoms with Gasteiger partial charge in [-0.05, 0) is 86.9 Å². The van der Waals surface area contributed by atoms with Crippen molar-refractivity contribution in [3.05, 3.63) is 114 Å². The molecule has 0 aliphatic rings. The summed E-state index contributed by atoms with van der Waals surface area (Å²) < 4.78 is 52.0. The fourth-order valence-electron chi connectivity index (χ4n) is 4.42. The second-order valence-electron chi connectivity index (χ2n) is 9.83. The van der Waals surface area contributed by atoms with E-state index in [0.29, 0.717) is 0 Å². The minimum absolute atomic E-state index is 0.130. The molecule has 0 fully saturated rings. The monoisotopic (exact) mass is 574 g/mol. The summed E-state index contributed by atoms with van der Waals surface area (Å²) in [5.41, 5.74) is 6.19. The zero-order valence-corrected chi connectivity index (χ0v) is 24.0. The Kier molecular flexibility index (Phi) is 9.60. The van der Waals surface area contributed by atoms with Crippen LogP contribution in [0, 0.1) is 10.2 Å². The van der Waals surface area contributed by atoms with E-state index in [-0.39, 0.29) is 12.2 Å². The van der Waals surface area contributed by atoms with Crippen LogP contribution in [-0.2, 0) is 0 Å². The lowest BCUT2D eigenvalue weighted by Gasteiger charge is -2.17. The molecule has 0 saturated heterocycles. The van der Waals surface area contributed by atoms with E-state index < -0.39 is 10.2 Å². The van der Waals surface area contributed by atoms with Crippen molar-refractivity contribution in [2.24, 2.45) is 0 Å². The second kappa shape index (κ2) is 13.1. The lowest BCUT2D eigenvalue weighted by atomic mass is 9.93. The largest absolute Gasteiger partial charge is 0.491 e. The van der Waals surface area contributed by atoms with Gasteiger partial charge in [0.25, 0.3) is 0 Å². The van der Waals surface area contributed by atoms with E-state index in [1.165, 1.54) is 0 Å². The molecule has 0 saturated carbocycles. The number of fused-ring (bicyclic) bond motifs is 2. The van der Waals surface area contributed by atoms with Gasteiger partial charge >= 0.3 is 11.2 Å². The van der Waals surface area contributed by atoms with Gasteiger partial charge in [0.2, 0.25) is 0 Å². The van der Waals surface area contributed by atoms with Gasteiger partial charge in [-0.2, -0.15) is 0 Å². The highest BCUT2D eigenvalue weighted by Crippen LogP contribution is 2.35. The maximum Gasteiger partial charge on any atom is 0.361 e. The molecular formula is C33H31ClO7. The summed E-state index contributed by atoms with van der Waals surface area (Å²) in [6.45, 7) is 8.15. The molecular weight excluding hydrogens is 544 g/mol. The Balaban J connectivity index is 0.000000714. The molecule has 0 amide bonds. The Hall–Kier alpha value is -3.98. The molecule has 8 heteroatoms. The molecule has 0 aliphatic carbocycles. The van der Waals surface area contributed by atoms with Crippen molar-refractivity contribution in [1.29, 1.82) is 0 Å². The van der Waals surface area contributed by atoms with Gasteiger partial charge in [-0.25, -0.2) is 23.1 Å². The standard InChI is InChI=1S/C33H31O3.ClHO4/c1-22(2)34-26-17-13-24(14-18-26)30(25-15-19-27(20-16-25)35-23(3)4)21-31-28-9-5-7-11-32(28)36-33-12-8-6-10-29(31)33;2-1(3,4)5/h5-23H,1-4H3;(H,2,3,4,5)/q+1;/p-1. The van der Waals surface area contributed by atoms with Crippen LogP contribution in [0.3, 0.4) is 0 Å². The van der Waals surface area contributed by atoms with Gasteiger partial charge in [0.15, 0.2) is 0 Å². The van der Waals surface area contributed by atoms with Crippen LogP contribution in [-0.4, -0.2) is 12.2 Å². The maximum atomic E-state index is 8.49. The molecule has 0 atom stereocenters. The summed E-state index contributed by atoms with van der Waals surface area (Å²) in [7, 11) is -4.94. The van der Waals surface area contributed by atoms with E-state index in [0.717, 1.165) is 55.7 Å². The number of benzene rings is 4.